The summed E-state index contributed by atoms with van der Waals surface area (Å²) in [5.41, 5.74) is 0. The fourth-order valence-electron chi connectivity index (χ4n) is 2.60. The molecule has 134 valence electrons. The SMILES string of the molecule is CCCCCCCCCCCCCCCCCC=O.[NaH].[NaH].[O]=[Ti]=[O]. The molecule has 0 rings (SSSR count). The Balaban J connectivity index is -0.000000370. The molecular weight excluding hydrogens is 358 g/mol. The molecule has 0 spiro atoms. The summed E-state index contributed by atoms with van der Waals surface area (Å²) in [4.78, 5) is 10.1. The van der Waals surface area contributed by atoms with Crippen molar-refractivity contribution in [1.82, 2.24) is 0 Å². The van der Waals surface area contributed by atoms with Gasteiger partial charge in [-0.25, -0.2) is 0 Å². The first kappa shape index (κ1) is 33.6. The molecule has 0 fully saturated rings. The van der Waals surface area contributed by atoms with Crippen molar-refractivity contribution in [2.45, 2.75) is 110 Å². The number of rotatable bonds is 16. The molecule has 0 amide bonds. The Kier molecular flexibility index (Phi) is 50.3. The van der Waals surface area contributed by atoms with Crippen molar-refractivity contribution in [3.63, 3.8) is 0 Å². The van der Waals surface area contributed by atoms with E-state index in [1.165, 1.54) is 89.9 Å². The first-order valence-electron chi connectivity index (χ1n) is 9.26. The van der Waals surface area contributed by atoms with Gasteiger partial charge in [-0.05, 0) is 6.42 Å². The topological polar surface area (TPSA) is 51.2 Å². The Hall–Kier alpha value is 1.98. The molecule has 6 heteroatoms. The van der Waals surface area contributed by atoms with Gasteiger partial charge in [-0.3, -0.25) is 0 Å². The van der Waals surface area contributed by atoms with E-state index in [0.29, 0.717) is 0 Å². The molecular formula is C18H38Na2O3Ti. The molecule has 0 aliphatic carbocycles. The minimum atomic E-state index is -2.00. The predicted molar refractivity (Wildman–Crippen MR) is 101 cm³/mol. The van der Waals surface area contributed by atoms with Gasteiger partial charge in [-0.2, -0.15) is 0 Å². The molecule has 24 heavy (non-hydrogen) atoms. The van der Waals surface area contributed by atoms with Gasteiger partial charge in [0.1, 0.15) is 6.29 Å². The Morgan fingerprint density at radius 1 is 0.583 bits per heavy atom. The molecule has 0 radical (unpaired) electrons. The van der Waals surface area contributed by atoms with Crippen molar-refractivity contribution < 1.29 is 30.5 Å². The van der Waals surface area contributed by atoms with Gasteiger partial charge in [-0.15, -0.1) is 0 Å². The molecule has 0 unspecified atom stereocenters. The van der Waals surface area contributed by atoms with E-state index in [9.17, 15) is 4.79 Å². The average Bonchev–Trinajstić information content (AvgIpc) is 2.52. The van der Waals surface area contributed by atoms with Crippen LogP contribution in [-0.4, -0.2) is 65.4 Å². The third kappa shape index (κ3) is 39.2. The number of aldehydes is 1. The van der Waals surface area contributed by atoms with E-state index in [1.807, 2.05) is 0 Å². The zero-order valence-corrected chi connectivity index (χ0v) is 16.2. The summed E-state index contributed by atoms with van der Waals surface area (Å²) < 4.78 is 17.0. The van der Waals surface area contributed by atoms with Crippen LogP contribution in [0.1, 0.15) is 110 Å². The Morgan fingerprint density at radius 2 is 0.833 bits per heavy atom. The maximum absolute atomic E-state index is 10.1. The van der Waals surface area contributed by atoms with Gasteiger partial charge in [0.05, 0.1) is 0 Å². The van der Waals surface area contributed by atoms with Gasteiger partial charge in [0.15, 0.2) is 0 Å². The van der Waals surface area contributed by atoms with Crippen molar-refractivity contribution in [3.8, 4) is 0 Å². The van der Waals surface area contributed by atoms with Crippen LogP contribution in [0.5, 0.6) is 0 Å². The molecule has 0 aliphatic rings. The van der Waals surface area contributed by atoms with E-state index in [-0.39, 0.29) is 59.1 Å². The molecule has 0 aromatic heterocycles. The Labute approximate surface area is 203 Å². The minimum absolute atomic E-state index is 0. The number of carbonyl (C=O) groups excluding carboxylic acids is 1. The van der Waals surface area contributed by atoms with Gasteiger partial charge >= 0.3 is 84.9 Å². The number of carbonyl (C=O) groups is 1. The van der Waals surface area contributed by atoms with Crippen LogP contribution in [0.4, 0.5) is 0 Å². The molecule has 0 heterocycles. The normalized spacial score (nSPS) is 8.88. The first-order valence-corrected chi connectivity index (χ1v) is 10.5. The van der Waals surface area contributed by atoms with Crippen molar-refractivity contribution in [2.24, 2.45) is 0 Å². The summed E-state index contributed by atoms with van der Waals surface area (Å²) in [5.74, 6) is 0. The molecule has 0 bridgehead atoms. The van der Waals surface area contributed by atoms with Gasteiger partial charge in [-0.1, -0.05) is 96.8 Å². The van der Waals surface area contributed by atoms with Crippen LogP contribution in [0.15, 0.2) is 0 Å². The van der Waals surface area contributed by atoms with E-state index in [2.05, 4.69) is 6.92 Å². The molecule has 0 atom stereocenters. The average molecular weight is 396 g/mol. The summed E-state index contributed by atoms with van der Waals surface area (Å²) in [6.45, 7) is 2.28. The summed E-state index contributed by atoms with van der Waals surface area (Å²) in [6, 6.07) is 0. The van der Waals surface area contributed by atoms with E-state index in [4.69, 9.17) is 6.65 Å². The third-order valence-corrected chi connectivity index (χ3v) is 3.93. The van der Waals surface area contributed by atoms with Crippen LogP contribution >= 0.6 is 0 Å². The molecule has 0 saturated heterocycles. The second-order valence-electron chi connectivity index (χ2n) is 5.99. The van der Waals surface area contributed by atoms with Gasteiger partial charge in [0, 0.05) is 6.42 Å². The first-order chi connectivity index (χ1) is 10.8. The van der Waals surface area contributed by atoms with E-state index in [0.717, 1.165) is 19.1 Å². The van der Waals surface area contributed by atoms with Crippen LogP contribution in [0.3, 0.4) is 0 Å². The van der Waals surface area contributed by atoms with Gasteiger partial charge < -0.3 is 4.79 Å². The summed E-state index contributed by atoms with van der Waals surface area (Å²) in [6.07, 6.45) is 22.6. The Bertz CT molecular complexity index is 248. The zero-order chi connectivity index (χ0) is 16.7. The van der Waals surface area contributed by atoms with Crippen molar-refractivity contribution in [3.05, 3.63) is 0 Å². The fraction of sp³-hybridized carbons (Fsp3) is 0.944. The van der Waals surface area contributed by atoms with Crippen LogP contribution in [0.2, 0.25) is 0 Å². The van der Waals surface area contributed by atoms with Crippen LogP contribution in [0.25, 0.3) is 0 Å². The van der Waals surface area contributed by atoms with Gasteiger partial charge in [0.2, 0.25) is 0 Å². The number of unbranched alkanes of at least 4 members (excludes halogenated alkanes) is 15. The zero-order valence-electron chi connectivity index (χ0n) is 14.6. The van der Waals surface area contributed by atoms with Crippen molar-refractivity contribution >= 4 is 65.4 Å². The van der Waals surface area contributed by atoms with Crippen LogP contribution in [-0.2, 0) is 30.5 Å². The third-order valence-electron chi connectivity index (χ3n) is 3.93. The molecule has 0 N–H and O–H groups in total. The molecule has 3 nitrogen and oxygen atoms in total. The van der Waals surface area contributed by atoms with Crippen LogP contribution < -0.4 is 0 Å². The molecule has 0 aromatic carbocycles. The van der Waals surface area contributed by atoms with Crippen molar-refractivity contribution in [1.29, 1.82) is 0 Å². The number of hydrogen-bond acceptors (Lipinski definition) is 3. The van der Waals surface area contributed by atoms with Gasteiger partial charge in [0.25, 0.3) is 0 Å². The summed E-state index contributed by atoms with van der Waals surface area (Å²) in [7, 11) is 0. The number of hydrogen-bond donors (Lipinski definition) is 0. The summed E-state index contributed by atoms with van der Waals surface area (Å²) in [5, 5.41) is 0. The van der Waals surface area contributed by atoms with Crippen molar-refractivity contribution in [2.75, 3.05) is 0 Å². The molecule has 0 aromatic rings. The second kappa shape index (κ2) is 36.0. The van der Waals surface area contributed by atoms with E-state index < -0.39 is 19.1 Å². The molecule has 0 aliphatic heterocycles. The standard InChI is InChI=1S/C18H36O.2Na.2O.Ti.2H/c1-2-3-4-5-6-7-8-9-10-11-12-13-14-15-16-17-18-19;;;;;;;/h18H,2-17H2,1H3;;;;;;;. The maximum atomic E-state index is 10.1. The predicted octanol–water partition coefficient (Wildman–Crippen LogP) is 4.91. The fourth-order valence-corrected chi connectivity index (χ4v) is 2.60. The van der Waals surface area contributed by atoms with E-state index >= 15 is 0 Å². The monoisotopic (exact) mass is 396 g/mol. The molecule has 0 saturated carbocycles. The van der Waals surface area contributed by atoms with Crippen LogP contribution in [0, 0.1) is 0 Å². The quantitative estimate of drug-likeness (QED) is 0.212. The Morgan fingerprint density at radius 3 is 1.08 bits per heavy atom. The van der Waals surface area contributed by atoms with E-state index in [1.54, 1.807) is 0 Å². The summed E-state index contributed by atoms with van der Waals surface area (Å²) >= 11 is -2.00. The second-order valence-corrected chi connectivity index (χ2v) is 6.25.